The van der Waals surface area contributed by atoms with Gasteiger partial charge in [0.2, 0.25) is 0 Å². The topological polar surface area (TPSA) is 90.1 Å². The van der Waals surface area contributed by atoms with Gasteiger partial charge in [-0.3, -0.25) is 14.9 Å². The molecule has 1 N–H and O–H groups in total. The fraction of sp³-hybridized carbons (Fsp3) is 0.200. The van der Waals surface area contributed by atoms with Gasteiger partial charge in [0, 0.05) is 29.4 Å². The van der Waals surface area contributed by atoms with Crippen LogP contribution < -0.4 is 5.32 Å². The van der Waals surface area contributed by atoms with Gasteiger partial charge in [0.15, 0.2) is 0 Å². The summed E-state index contributed by atoms with van der Waals surface area (Å²) in [5.41, 5.74) is 1.91. The molecule has 2 aromatic carbocycles. The molecule has 0 aliphatic rings. The molecule has 0 aliphatic heterocycles. The third-order valence-electron chi connectivity index (χ3n) is 3.82. The van der Waals surface area contributed by atoms with Crippen LogP contribution in [0.25, 0.3) is 16.9 Å². The van der Waals surface area contributed by atoms with Crippen LogP contribution >= 0.6 is 0 Å². The van der Waals surface area contributed by atoms with E-state index in [4.69, 9.17) is 0 Å². The first-order valence-corrected chi connectivity index (χ1v) is 8.47. The summed E-state index contributed by atoms with van der Waals surface area (Å²) >= 11 is 0. The van der Waals surface area contributed by atoms with Crippen molar-refractivity contribution in [3.8, 4) is 16.9 Å². The van der Waals surface area contributed by atoms with E-state index >= 15 is 0 Å². The van der Waals surface area contributed by atoms with E-state index in [-0.39, 0.29) is 11.6 Å². The number of rotatable bonds is 4. The smallest absolute Gasteiger partial charge is 0.269 e. The van der Waals surface area contributed by atoms with Crippen LogP contribution in [0.2, 0.25) is 0 Å². The Kier molecular flexibility index (Phi) is 4.77. The van der Waals surface area contributed by atoms with E-state index in [0.29, 0.717) is 16.8 Å². The first-order valence-electron chi connectivity index (χ1n) is 8.47. The average Bonchev–Trinajstić information content (AvgIpc) is 3.07. The summed E-state index contributed by atoms with van der Waals surface area (Å²) in [7, 11) is 0. The van der Waals surface area contributed by atoms with Crippen molar-refractivity contribution in [2.45, 2.75) is 26.3 Å². The van der Waals surface area contributed by atoms with Crippen LogP contribution in [0.3, 0.4) is 0 Å². The van der Waals surface area contributed by atoms with Gasteiger partial charge in [0.05, 0.1) is 16.2 Å². The van der Waals surface area contributed by atoms with Crippen molar-refractivity contribution < 1.29 is 9.72 Å². The maximum absolute atomic E-state index is 12.8. The molecule has 27 heavy (non-hydrogen) atoms. The summed E-state index contributed by atoms with van der Waals surface area (Å²) in [6.45, 7) is 5.70. The Balaban J connectivity index is 2.08. The fourth-order valence-corrected chi connectivity index (χ4v) is 2.62. The number of nitro groups is 1. The van der Waals surface area contributed by atoms with Gasteiger partial charge in [0.25, 0.3) is 11.6 Å². The van der Waals surface area contributed by atoms with Crippen molar-refractivity contribution in [2.24, 2.45) is 0 Å². The standard InChI is InChI=1S/C20H20N4O3/c1-20(2,3)21-19(25)17-13-23(15-7-5-4-6-8-15)22-18(17)14-9-11-16(12-10-14)24(26)27/h4-13H,1-3H3,(H,21,25). The maximum atomic E-state index is 12.8. The molecule has 1 aromatic heterocycles. The van der Waals surface area contributed by atoms with Crippen LogP contribution in [-0.4, -0.2) is 26.1 Å². The van der Waals surface area contributed by atoms with Crippen molar-refractivity contribution in [1.82, 2.24) is 15.1 Å². The Morgan fingerprint density at radius 2 is 1.70 bits per heavy atom. The summed E-state index contributed by atoms with van der Waals surface area (Å²) in [6.07, 6.45) is 1.67. The van der Waals surface area contributed by atoms with Crippen molar-refractivity contribution in [2.75, 3.05) is 0 Å². The molecule has 7 nitrogen and oxygen atoms in total. The van der Waals surface area contributed by atoms with E-state index in [2.05, 4.69) is 10.4 Å². The lowest BCUT2D eigenvalue weighted by molar-refractivity contribution is -0.384. The van der Waals surface area contributed by atoms with E-state index in [0.717, 1.165) is 5.69 Å². The zero-order valence-electron chi connectivity index (χ0n) is 15.3. The Morgan fingerprint density at radius 1 is 1.07 bits per heavy atom. The minimum Gasteiger partial charge on any atom is -0.347 e. The molecule has 1 amide bonds. The molecule has 0 radical (unpaired) electrons. The molecule has 0 bridgehead atoms. The first-order chi connectivity index (χ1) is 12.7. The quantitative estimate of drug-likeness (QED) is 0.560. The molecule has 0 atom stereocenters. The average molecular weight is 364 g/mol. The first kappa shape index (κ1) is 18.3. The third-order valence-corrected chi connectivity index (χ3v) is 3.82. The summed E-state index contributed by atoms with van der Waals surface area (Å²) in [5, 5.41) is 18.4. The highest BCUT2D eigenvalue weighted by Gasteiger charge is 2.22. The molecule has 3 aromatic rings. The molecule has 138 valence electrons. The Morgan fingerprint density at radius 3 is 2.26 bits per heavy atom. The van der Waals surface area contributed by atoms with Crippen LogP contribution in [0.15, 0.2) is 60.8 Å². The van der Waals surface area contributed by atoms with Crippen LogP contribution in [0.4, 0.5) is 5.69 Å². The highest BCUT2D eigenvalue weighted by atomic mass is 16.6. The predicted molar refractivity (Wildman–Crippen MR) is 103 cm³/mol. The number of hydrogen-bond acceptors (Lipinski definition) is 4. The summed E-state index contributed by atoms with van der Waals surface area (Å²) in [6, 6.07) is 15.5. The summed E-state index contributed by atoms with van der Waals surface area (Å²) in [4.78, 5) is 23.2. The number of nitrogens with zero attached hydrogens (tertiary/aromatic N) is 3. The number of benzene rings is 2. The van der Waals surface area contributed by atoms with Gasteiger partial charge in [-0.05, 0) is 45.0 Å². The lowest BCUT2D eigenvalue weighted by Gasteiger charge is -2.20. The molecule has 0 spiro atoms. The van der Waals surface area contributed by atoms with Crippen LogP contribution in [0, 0.1) is 10.1 Å². The van der Waals surface area contributed by atoms with Gasteiger partial charge in [-0.1, -0.05) is 18.2 Å². The monoisotopic (exact) mass is 364 g/mol. The van der Waals surface area contributed by atoms with Gasteiger partial charge in [0.1, 0.15) is 5.69 Å². The van der Waals surface area contributed by atoms with Crippen molar-refractivity contribution >= 4 is 11.6 Å². The highest BCUT2D eigenvalue weighted by molar-refractivity contribution is 6.00. The van der Waals surface area contributed by atoms with E-state index < -0.39 is 10.5 Å². The second-order valence-corrected chi connectivity index (χ2v) is 7.18. The van der Waals surface area contributed by atoms with Gasteiger partial charge in [-0.25, -0.2) is 4.68 Å². The zero-order chi connectivity index (χ0) is 19.6. The number of aromatic nitrogens is 2. The lowest BCUT2D eigenvalue weighted by Crippen LogP contribution is -2.40. The minimum absolute atomic E-state index is 0.0121. The largest absolute Gasteiger partial charge is 0.347 e. The van der Waals surface area contributed by atoms with E-state index in [9.17, 15) is 14.9 Å². The number of carbonyl (C=O) groups is 1. The molecule has 3 rings (SSSR count). The van der Waals surface area contributed by atoms with Gasteiger partial charge >= 0.3 is 0 Å². The van der Waals surface area contributed by atoms with Crippen molar-refractivity contribution in [3.63, 3.8) is 0 Å². The summed E-state index contributed by atoms with van der Waals surface area (Å²) < 4.78 is 1.63. The molecule has 0 saturated carbocycles. The van der Waals surface area contributed by atoms with E-state index in [1.54, 1.807) is 23.0 Å². The molecule has 0 fully saturated rings. The van der Waals surface area contributed by atoms with Crippen LogP contribution in [0.1, 0.15) is 31.1 Å². The van der Waals surface area contributed by atoms with E-state index in [1.807, 2.05) is 51.1 Å². The predicted octanol–water partition coefficient (Wildman–Crippen LogP) is 3.98. The molecular formula is C20H20N4O3. The molecule has 1 heterocycles. The number of carbonyl (C=O) groups excluding carboxylic acids is 1. The zero-order valence-corrected chi connectivity index (χ0v) is 15.3. The number of nitrogens with one attached hydrogen (secondary N) is 1. The summed E-state index contributed by atoms with van der Waals surface area (Å²) in [5.74, 6) is -0.252. The molecule has 0 saturated heterocycles. The van der Waals surface area contributed by atoms with E-state index in [1.165, 1.54) is 12.1 Å². The number of para-hydroxylation sites is 1. The van der Waals surface area contributed by atoms with Crippen LogP contribution in [0.5, 0.6) is 0 Å². The molecule has 7 heteroatoms. The second-order valence-electron chi connectivity index (χ2n) is 7.18. The molecular weight excluding hydrogens is 344 g/mol. The third kappa shape index (κ3) is 4.20. The SMILES string of the molecule is CC(C)(C)NC(=O)c1cn(-c2ccccc2)nc1-c1ccc([N+](=O)[O-])cc1. The Labute approximate surface area is 156 Å². The fourth-order valence-electron chi connectivity index (χ4n) is 2.62. The highest BCUT2D eigenvalue weighted by Crippen LogP contribution is 2.26. The molecule has 0 aliphatic carbocycles. The Hall–Kier alpha value is -3.48. The number of non-ortho nitro benzene ring substituents is 1. The van der Waals surface area contributed by atoms with Gasteiger partial charge < -0.3 is 5.32 Å². The number of hydrogen-bond donors (Lipinski definition) is 1. The van der Waals surface area contributed by atoms with Crippen molar-refractivity contribution in [1.29, 1.82) is 0 Å². The Bertz CT molecular complexity index is 971. The number of amides is 1. The van der Waals surface area contributed by atoms with Crippen molar-refractivity contribution in [3.05, 3.63) is 76.5 Å². The minimum atomic E-state index is -0.459. The lowest BCUT2D eigenvalue weighted by atomic mass is 10.0. The maximum Gasteiger partial charge on any atom is 0.269 e. The van der Waals surface area contributed by atoms with Gasteiger partial charge in [-0.15, -0.1) is 0 Å². The molecule has 0 unspecified atom stereocenters. The number of nitro benzene ring substituents is 1. The van der Waals surface area contributed by atoms with Gasteiger partial charge in [-0.2, -0.15) is 5.10 Å². The second kappa shape index (κ2) is 7.03. The van der Waals surface area contributed by atoms with Crippen LogP contribution in [-0.2, 0) is 0 Å². The normalized spacial score (nSPS) is 11.2.